The van der Waals surface area contributed by atoms with Gasteiger partial charge in [0.15, 0.2) is 0 Å². The zero-order chi connectivity index (χ0) is 24.6. The number of benzene rings is 1. The molecule has 188 valence electrons. The molecule has 5 rings (SSSR count). The number of carbonyl (C=O) groups excluding carboxylic acids is 1. The quantitative estimate of drug-likeness (QED) is 0.601. The minimum Gasteiger partial charge on any atom is -0.389 e. The van der Waals surface area contributed by atoms with Gasteiger partial charge in [0.2, 0.25) is 0 Å². The molecule has 2 N–H and O–H groups in total. The average Bonchev–Trinajstić information content (AvgIpc) is 3.23. The highest BCUT2D eigenvalue weighted by atomic mass is 35.5. The Balaban J connectivity index is 1.29. The van der Waals surface area contributed by atoms with E-state index < -0.39 is 6.10 Å². The molecule has 0 saturated carbocycles. The van der Waals surface area contributed by atoms with Crippen LogP contribution in [0.4, 0.5) is 5.82 Å². The summed E-state index contributed by atoms with van der Waals surface area (Å²) in [5, 5.41) is 16.0. The zero-order valence-electron chi connectivity index (χ0n) is 20.3. The van der Waals surface area contributed by atoms with Gasteiger partial charge in [-0.05, 0) is 86.7 Å². The molecule has 7 nitrogen and oxygen atoms in total. The highest BCUT2D eigenvalue weighted by Gasteiger charge is 2.45. The second-order valence-corrected chi connectivity index (χ2v) is 10.7. The number of ether oxygens (including phenoxy) is 2. The number of piperidine rings is 1. The Labute approximate surface area is 211 Å². The van der Waals surface area contributed by atoms with Gasteiger partial charge < -0.3 is 19.9 Å². The Morgan fingerprint density at radius 1 is 1.17 bits per heavy atom. The molecule has 0 bridgehead atoms. The summed E-state index contributed by atoms with van der Waals surface area (Å²) in [6.07, 6.45) is 4.88. The lowest BCUT2D eigenvalue weighted by Crippen LogP contribution is -2.56. The number of likely N-dealkylation sites (tertiary alicyclic amines) is 1. The highest BCUT2D eigenvalue weighted by molar-refractivity contribution is 6.32. The van der Waals surface area contributed by atoms with Crippen molar-refractivity contribution in [3.05, 3.63) is 47.1 Å². The van der Waals surface area contributed by atoms with E-state index in [1.54, 1.807) is 6.20 Å². The van der Waals surface area contributed by atoms with E-state index in [0.717, 1.165) is 60.1 Å². The Morgan fingerprint density at radius 3 is 2.60 bits per heavy atom. The summed E-state index contributed by atoms with van der Waals surface area (Å²) < 4.78 is 10.9. The fourth-order valence-corrected chi connectivity index (χ4v) is 5.98. The van der Waals surface area contributed by atoms with Gasteiger partial charge in [0.25, 0.3) is 5.91 Å². The summed E-state index contributed by atoms with van der Waals surface area (Å²) in [7, 11) is 0. The first-order valence-corrected chi connectivity index (χ1v) is 12.9. The molecule has 3 saturated heterocycles. The number of nitrogens with zero attached hydrogens (tertiary/aromatic N) is 2. The highest BCUT2D eigenvalue weighted by Crippen LogP contribution is 2.38. The lowest BCUT2D eigenvalue weighted by Gasteiger charge is -2.43. The third-order valence-electron chi connectivity index (χ3n) is 8.13. The van der Waals surface area contributed by atoms with Crippen molar-refractivity contribution in [2.75, 3.05) is 44.8 Å². The molecular weight excluding hydrogens is 466 g/mol. The number of aromatic nitrogens is 1. The molecule has 0 unspecified atom stereocenters. The Kier molecular flexibility index (Phi) is 7.15. The Hall–Kier alpha value is -2.03. The smallest absolute Gasteiger partial charge is 0.252 e. The van der Waals surface area contributed by atoms with Gasteiger partial charge in [0.1, 0.15) is 5.82 Å². The van der Waals surface area contributed by atoms with E-state index in [0.29, 0.717) is 43.7 Å². The molecule has 3 fully saturated rings. The molecule has 0 spiro atoms. The Bertz CT molecular complexity index is 1110. The average molecular weight is 500 g/mol. The molecule has 3 aliphatic rings. The van der Waals surface area contributed by atoms with Crippen molar-refractivity contribution in [3.8, 4) is 0 Å². The molecule has 1 aromatic carbocycles. The van der Waals surface area contributed by atoms with Gasteiger partial charge in [-0.1, -0.05) is 18.2 Å². The number of nitrogens with one attached hydrogen (secondary N) is 1. The number of hydrogen-bond donors (Lipinski definition) is 2. The van der Waals surface area contributed by atoms with Crippen LogP contribution in [0.2, 0.25) is 5.02 Å². The third-order valence-corrected chi connectivity index (χ3v) is 8.46. The van der Waals surface area contributed by atoms with E-state index in [1.807, 2.05) is 12.1 Å². The molecular formula is C27H34ClN3O4. The molecule has 35 heavy (non-hydrogen) atoms. The molecule has 0 aliphatic carbocycles. The number of anilines is 1. The molecule has 3 aliphatic heterocycles. The SMILES string of the molecule is C=C(C(=O)Nc1cc2cc(C3CCN([C@@]4(C)COC[C@H]4O)CC3)c(Cl)cc2cn1)C1CCOCC1. The maximum atomic E-state index is 12.8. The van der Waals surface area contributed by atoms with Crippen LogP contribution in [-0.4, -0.2) is 72.1 Å². The maximum Gasteiger partial charge on any atom is 0.252 e. The molecule has 4 heterocycles. The van der Waals surface area contributed by atoms with Gasteiger partial charge in [-0.15, -0.1) is 0 Å². The number of pyridine rings is 1. The van der Waals surface area contributed by atoms with Crippen molar-refractivity contribution in [2.24, 2.45) is 5.92 Å². The molecule has 2 atom stereocenters. The van der Waals surface area contributed by atoms with Crippen molar-refractivity contribution in [1.29, 1.82) is 0 Å². The molecule has 8 heteroatoms. The van der Waals surface area contributed by atoms with E-state index in [2.05, 4.69) is 34.8 Å². The molecule has 1 amide bonds. The first kappa shape index (κ1) is 24.7. The number of aliphatic hydroxyl groups excluding tert-OH is 1. The Morgan fingerprint density at radius 2 is 1.91 bits per heavy atom. The summed E-state index contributed by atoms with van der Waals surface area (Å²) in [6.45, 7) is 10.2. The summed E-state index contributed by atoms with van der Waals surface area (Å²) >= 11 is 6.71. The van der Waals surface area contributed by atoms with Crippen LogP contribution in [-0.2, 0) is 14.3 Å². The third kappa shape index (κ3) is 4.98. The van der Waals surface area contributed by atoms with Crippen molar-refractivity contribution >= 4 is 34.1 Å². The molecule has 1 aromatic heterocycles. The predicted molar refractivity (Wildman–Crippen MR) is 137 cm³/mol. The standard InChI is InChI=1S/C27H34ClN3O4/c1-17(18-5-9-34-10-6-18)26(33)30-25-13-20-11-22(23(28)12-21(20)14-29-25)19-3-7-31(8-4-19)27(2)16-35-15-24(27)32/h11-14,18-19,24,32H,1,3-10,15-16H2,2H3,(H,29,30,33)/t24-,27+/m1/s1. The van der Waals surface area contributed by atoms with E-state index in [4.69, 9.17) is 21.1 Å². The minimum absolute atomic E-state index is 0.152. The number of rotatable bonds is 5. The summed E-state index contributed by atoms with van der Waals surface area (Å²) in [5.41, 5.74) is 1.40. The molecule has 2 aromatic rings. The second-order valence-electron chi connectivity index (χ2n) is 10.3. The number of aliphatic hydroxyl groups is 1. The minimum atomic E-state index is -0.452. The molecule has 0 radical (unpaired) electrons. The van der Waals surface area contributed by atoms with Crippen LogP contribution >= 0.6 is 11.6 Å². The van der Waals surface area contributed by atoms with Gasteiger partial charge in [-0.2, -0.15) is 0 Å². The number of hydrogen-bond acceptors (Lipinski definition) is 6. The van der Waals surface area contributed by atoms with Crippen LogP contribution in [0.15, 0.2) is 36.5 Å². The lowest BCUT2D eigenvalue weighted by molar-refractivity contribution is -0.113. The summed E-state index contributed by atoms with van der Waals surface area (Å²) in [5.74, 6) is 0.823. The van der Waals surface area contributed by atoms with E-state index in [9.17, 15) is 9.90 Å². The van der Waals surface area contributed by atoms with Crippen molar-refractivity contribution in [3.63, 3.8) is 0 Å². The number of amides is 1. The van der Waals surface area contributed by atoms with Crippen LogP contribution < -0.4 is 5.32 Å². The van der Waals surface area contributed by atoms with Crippen molar-refractivity contribution < 1.29 is 19.4 Å². The lowest BCUT2D eigenvalue weighted by atomic mass is 9.85. The van der Waals surface area contributed by atoms with Crippen LogP contribution in [0.1, 0.15) is 44.1 Å². The zero-order valence-corrected chi connectivity index (χ0v) is 21.0. The first-order chi connectivity index (χ1) is 16.8. The second kappa shape index (κ2) is 10.1. The van der Waals surface area contributed by atoms with Gasteiger partial charge in [-0.25, -0.2) is 4.98 Å². The number of fused-ring (bicyclic) bond motifs is 1. The van der Waals surface area contributed by atoms with Crippen LogP contribution in [0.25, 0.3) is 10.8 Å². The van der Waals surface area contributed by atoms with E-state index in [1.165, 1.54) is 0 Å². The first-order valence-electron chi connectivity index (χ1n) is 12.5. The van der Waals surface area contributed by atoms with Gasteiger partial charge >= 0.3 is 0 Å². The van der Waals surface area contributed by atoms with Gasteiger partial charge in [-0.3, -0.25) is 9.69 Å². The van der Waals surface area contributed by atoms with Crippen LogP contribution in [0.3, 0.4) is 0 Å². The van der Waals surface area contributed by atoms with Gasteiger partial charge in [0.05, 0.1) is 24.9 Å². The fourth-order valence-electron chi connectivity index (χ4n) is 5.65. The topological polar surface area (TPSA) is 83.9 Å². The van der Waals surface area contributed by atoms with Crippen molar-refractivity contribution in [1.82, 2.24) is 9.88 Å². The summed E-state index contributed by atoms with van der Waals surface area (Å²) in [6, 6.07) is 6.01. The van der Waals surface area contributed by atoms with Gasteiger partial charge in [0, 0.05) is 35.4 Å². The predicted octanol–water partition coefficient (Wildman–Crippen LogP) is 4.14. The maximum absolute atomic E-state index is 12.8. The van der Waals surface area contributed by atoms with E-state index in [-0.39, 0.29) is 17.4 Å². The number of carbonyl (C=O) groups is 1. The van der Waals surface area contributed by atoms with Crippen LogP contribution in [0.5, 0.6) is 0 Å². The van der Waals surface area contributed by atoms with Crippen LogP contribution in [0, 0.1) is 5.92 Å². The largest absolute Gasteiger partial charge is 0.389 e. The fraction of sp³-hybridized carbons (Fsp3) is 0.556. The van der Waals surface area contributed by atoms with E-state index >= 15 is 0 Å². The summed E-state index contributed by atoms with van der Waals surface area (Å²) in [4.78, 5) is 19.5. The normalized spacial score (nSPS) is 26.8. The number of halogens is 1. The monoisotopic (exact) mass is 499 g/mol. The van der Waals surface area contributed by atoms with Crippen molar-refractivity contribution in [2.45, 2.75) is 50.2 Å².